The molecule has 276 valence electrons. The van der Waals surface area contributed by atoms with Gasteiger partial charge in [0, 0.05) is 36.8 Å². The highest BCUT2D eigenvalue weighted by Crippen LogP contribution is 2.56. The number of hydrogen-bond acceptors (Lipinski definition) is 10. The van der Waals surface area contributed by atoms with Crippen molar-refractivity contribution in [2.75, 3.05) is 55.6 Å². The highest BCUT2D eigenvalue weighted by Gasteiger charge is 2.38. The summed E-state index contributed by atoms with van der Waals surface area (Å²) in [5.74, 6) is 3.29. The summed E-state index contributed by atoms with van der Waals surface area (Å²) in [5, 5.41) is 0. The van der Waals surface area contributed by atoms with Crippen molar-refractivity contribution >= 4 is 42.0 Å². The summed E-state index contributed by atoms with van der Waals surface area (Å²) in [5.41, 5.74) is 5.43. The van der Waals surface area contributed by atoms with Crippen molar-refractivity contribution in [2.45, 2.75) is 42.7 Å². The molecule has 0 aliphatic carbocycles. The van der Waals surface area contributed by atoms with E-state index in [1.165, 1.54) is 18.7 Å². The van der Waals surface area contributed by atoms with E-state index < -0.39 is 16.2 Å². The standard InChI is InChI=1S/C38H40Br2N2O9S/c1-41-13-11-21-16-28(46-3)29-18-24(21)26(41)15-20-7-9-22(10-8-20)50-35-30(47-4)19-31(52(43,44)45)25(34(35)40)17-27-32-23(12-14-42(27)2)33(39)37(48-5)38(49-6)36(32)51-29/h7-10,16,18-19,26-27H,11-15,17H2,1-6H3,(H,43,44,45)/t26-,27-/m0/s1. The Morgan fingerprint density at radius 3 is 2.08 bits per heavy atom. The molecule has 4 aliphatic heterocycles. The minimum atomic E-state index is -4.73. The number of ether oxygens (including phenoxy) is 6. The molecule has 0 amide bonds. The fourth-order valence-corrected chi connectivity index (χ4v) is 9.96. The van der Waals surface area contributed by atoms with Gasteiger partial charge in [-0.25, -0.2) is 0 Å². The summed E-state index contributed by atoms with van der Waals surface area (Å²) >= 11 is 7.49. The van der Waals surface area contributed by atoms with Gasteiger partial charge < -0.3 is 28.4 Å². The molecule has 0 radical (unpaired) electrons. The lowest BCUT2D eigenvalue weighted by atomic mass is 9.87. The first kappa shape index (κ1) is 36.8. The molecule has 1 N–H and O–H groups in total. The molecule has 4 heterocycles. The molecule has 0 fully saturated rings. The molecule has 4 aromatic rings. The van der Waals surface area contributed by atoms with Gasteiger partial charge >= 0.3 is 0 Å². The van der Waals surface area contributed by atoms with Gasteiger partial charge in [-0.05, 0) is 124 Å². The zero-order chi connectivity index (χ0) is 37.1. The van der Waals surface area contributed by atoms with Crippen LogP contribution in [0.2, 0.25) is 0 Å². The predicted octanol–water partition coefficient (Wildman–Crippen LogP) is 7.93. The van der Waals surface area contributed by atoms with E-state index in [4.69, 9.17) is 28.4 Å². The Morgan fingerprint density at radius 1 is 0.750 bits per heavy atom. The van der Waals surface area contributed by atoms with Gasteiger partial charge in [-0.3, -0.25) is 14.4 Å². The van der Waals surface area contributed by atoms with Gasteiger partial charge in [-0.1, -0.05) is 12.1 Å². The quantitative estimate of drug-likeness (QED) is 0.197. The van der Waals surface area contributed by atoms with Crippen molar-refractivity contribution in [3.05, 3.63) is 84.8 Å². The smallest absolute Gasteiger partial charge is 0.294 e. The Balaban J connectivity index is 1.56. The van der Waals surface area contributed by atoms with Crippen molar-refractivity contribution in [1.82, 2.24) is 9.80 Å². The number of likely N-dealkylation sites (N-methyl/N-ethyl adjacent to an activating group) is 2. The van der Waals surface area contributed by atoms with E-state index in [0.717, 1.165) is 41.6 Å². The number of nitrogens with zero attached hydrogens (tertiary/aromatic N) is 2. The molecular weight excluding hydrogens is 820 g/mol. The molecule has 0 saturated carbocycles. The average Bonchev–Trinajstić information content (AvgIpc) is 3.12. The Morgan fingerprint density at radius 2 is 1.42 bits per heavy atom. The first-order valence-electron chi connectivity index (χ1n) is 16.8. The maximum absolute atomic E-state index is 13.1. The van der Waals surface area contributed by atoms with Crippen LogP contribution in [0.5, 0.6) is 46.0 Å². The van der Waals surface area contributed by atoms with E-state index in [9.17, 15) is 13.0 Å². The summed E-state index contributed by atoms with van der Waals surface area (Å²) in [7, 11) is 5.57. The van der Waals surface area contributed by atoms with Crippen LogP contribution in [-0.2, 0) is 35.8 Å². The van der Waals surface area contributed by atoms with Crippen molar-refractivity contribution < 1.29 is 41.4 Å². The number of benzene rings is 4. The number of hydrogen-bond donors (Lipinski definition) is 1. The van der Waals surface area contributed by atoms with Crippen LogP contribution in [-0.4, -0.2) is 78.4 Å². The fourth-order valence-electron chi connectivity index (χ4n) is 7.68. The summed E-state index contributed by atoms with van der Waals surface area (Å²) in [6, 6.07) is 12.8. The predicted molar refractivity (Wildman–Crippen MR) is 203 cm³/mol. The minimum absolute atomic E-state index is 0.0570. The SMILES string of the molecule is COc1cc2c3cc1Oc1c(OC)c(OC)c(Br)c4c1[C@H](Cc1c(S(=O)(=O)O)cc(OC)c(c1Br)Oc1ccc(cc1)C[C@@H]3N(C)CC2)N(C)CC4. The molecule has 0 spiro atoms. The Hall–Kier alpha value is -3.53. The average molecular weight is 861 g/mol. The van der Waals surface area contributed by atoms with Crippen LogP contribution < -0.4 is 28.4 Å². The third kappa shape index (κ3) is 6.41. The maximum atomic E-state index is 13.1. The van der Waals surface area contributed by atoms with Crippen LogP contribution >= 0.6 is 31.9 Å². The Kier molecular flexibility index (Phi) is 10.2. The third-order valence-electron chi connectivity index (χ3n) is 10.4. The van der Waals surface area contributed by atoms with E-state index in [1.807, 2.05) is 31.3 Å². The van der Waals surface area contributed by atoms with Crippen molar-refractivity contribution in [3.8, 4) is 46.0 Å². The fraction of sp³-hybridized carbons (Fsp3) is 0.368. The third-order valence-corrected chi connectivity index (χ3v) is 13.0. The first-order valence-corrected chi connectivity index (χ1v) is 19.8. The lowest BCUT2D eigenvalue weighted by Gasteiger charge is -2.38. The van der Waals surface area contributed by atoms with Crippen LogP contribution in [0.25, 0.3) is 0 Å². The molecule has 2 atom stereocenters. The second kappa shape index (κ2) is 14.4. The molecule has 14 heteroatoms. The van der Waals surface area contributed by atoms with Gasteiger partial charge in [0.05, 0.1) is 37.4 Å². The normalized spacial score (nSPS) is 18.7. The summed E-state index contributed by atoms with van der Waals surface area (Å²) in [6.45, 7) is 1.52. The topological polar surface area (TPSA) is 116 Å². The molecule has 4 aromatic carbocycles. The summed E-state index contributed by atoms with van der Waals surface area (Å²) < 4.78 is 74.8. The second-order valence-corrected chi connectivity index (χ2v) is 16.2. The van der Waals surface area contributed by atoms with Crippen LogP contribution in [0, 0.1) is 0 Å². The number of halogens is 2. The second-order valence-electron chi connectivity index (χ2n) is 13.2. The molecule has 4 aliphatic rings. The molecule has 0 unspecified atom stereocenters. The summed E-state index contributed by atoms with van der Waals surface area (Å²) in [4.78, 5) is 4.19. The van der Waals surface area contributed by atoms with Gasteiger partial charge in [-0.15, -0.1) is 0 Å². The van der Waals surface area contributed by atoms with Crippen LogP contribution in [0.4, 0.5) is 0 Å². The lowest BCUT2D eigenvalue weighted by molar-refractivity contribution is 0.218. The van der Waals surface area contributed by atoms with E-state index in [-0.39, 0.29) is 28.9 Å². The van der Waals surface area contributed by atoms with Crippen molar-refractivity contribution in [1.29, 1.82) is 0 Å². The number of methoxy groups -OCH3 is 4. The Bertz CT molecular complexity index is 2160. The minimum Gasteiger partial charge on any atom is -0.493 e. The van der Waals surface area contributed by atoms with Gasteiger partial charge in [-0.2, -0.15) is 8.42 Å². The Labute approximate surface area is 320 Å². The van der Waals surface area contributed by atoms with Crippen LogP contribution in [0.15, 0.2) is 56.3 Å². The first-order chi connectivity index (χ1) is 24.9. The van der Waals surface area contributed by atoms with Crippen molar-refractivity contribution in [2.24, 2.45) is 0 Å². The highest BCUT2D eigenvalue weighted by molar-refractivity contribution is 9.11. The monoisotopic (exact) mass is 858 g/mol. The zero-order valence-electron chi connectivity index (χ0n) is 29.7. The molecule has 52 heavy (non-hydrogen) atoms. The van der Waals surface area contributed by atoms with E-state index >= 15 is 0 Å². The largest absolute Gasteiger partial charge is 0.493 e. The lowest BCUT2D eigenvalue weighted by Crippen LogP contribution is -2.34. The van der Waals surface area contributed by atoms with Crippen LogP contribution in [0.1, 0.15) is 45.5 Å². The van der Waals surface area contributed by atoms with Gasteiger partial charge in [0.2, 0.25) is 5.75 Å². The molecule has 6 bridgehead atoms. The zero-order valence-corrected chi connectivity index (χ0v) is 33.7. The maximum Gasteiger partial charge on any atom is 0.294 e. The molecule has 0 saturated heterocycles. The van der Waals surface area contributed by atoms with Crippen LogP contribution in [0.3, 0.4) is 0 Å². The number of rotatable bonds is 5. The van der Waals surface area contributed by atoms with E-state index in [2.05, 4.69) is 60.8 Å². The van der Waals surface area contributed by atoms with Gasteiger partial charge in [0.15, 0.2) is 34.5 Å². The molecule has 11 nitrogen and oxygen atoms in total. The van der Waals surface area contributed by atoms with Crippen molar-refractivity contribution in [3.63, 3.8) is 0 Å². The highest BCUT2D eigenvalue weighted by atomic mass is 79.9. The van der Waals surface area contributed by atoms with E-state index in [0.29, 0.717) is 62.0 Å². The summed E-state index contributed by atoms with van der Waals surface area (Å²) in [6.07, 6.45) is 2.33. The van der Waals surface area contributed by atoms with Gasteiger partial charge in [0.25, 0.3) is 10.1 Å². The number of fused-ring (bicyclic) bond motifs is 2. The molecule has 8 rings (SSSR count). The molecule has 0 aromatic heterocycles. The van der Waals surface area contributed by atoms with Gasteiger partial charge in [0.1, 0.15) is 10.6 Å². The van der Waals surface area contributed by atoms with E-state index in [1.54, 1.807) is 21.3 Å². The molecular formula is C38H40Br2N2O9S.